The normalized spacial score (nSPS) is 19.4. The maximum absolute atomic E-state index is 6.26. The van der Waals surface area contributed by atoms with E-state index < -0.39 is 0 Å². The van der Waals surface area contributed by atoms with Gasteiger partial charge < -0.3 is 24.4 Å². The van der Waals surface area contributed by atoms with Crippen molar-refractivity contribution >= 4 is 34.6 Å². The van der Waals surface area contributed by atoms with Crippen LogP contribution in [-0.4, -0.2) is 56.3 Å². The molecule has 0 amide bonds. The quantitative estimate of drug-likeness (QED) is 0.587. The van der Waals surface area contributed by atoms with Gasteiger partial charge in [0, 0.05) is 23.7 Å². The summed E-state index contributed by atoms with van der Waals surface area (Å²) < 4.78 is 5.56. The maximum Gasteiger partial charge on any atom is 0.173 e. The standard InChI is InChI=1S/C21H29ClN4OS/c1-17-19(22)7-3-8-20(17)23-21(28)26(16-18-6-4-15-27-18)10-5-9-25-13-11-24(2)12-14-25/h3-4,6-8,15H,5,9-14,16H2,1-2H3,(H,23,28)/p+2. The number of nitrogens with zero attached hydrogens (tertiary/aromatic N) is 1. The summed E-state index contributed by atoms with van der Waals surface area (Å²) in [4.78, 5) is 5.54. The summed E-state index contributed by atoms with van der Waals surface area (Å²) >= 11 is 12.0. The minimum atomic E-state index is 0.667. The molecule has 152 valence electrons. The number of hydrogen-bond acceptors (Lipinski definition) is 2. The first-order chi connectivity index (χ1) is 13.5. The van der Waals surface area contributed by atoms with Crippen molar-refractivity contribution in [2.45, 2.75) is 19.9 Å². The van der Waals surface area contributed by atoms with Crippen molar-refractivity contribution in [2.75, 3.05) is 51.6 Å². The van der Waals surface area contributed by atoms with Crippen LogP contribution in [0.3, 0.4) is 0 Å². The number of piperazine rings is 1. The van der Waals surface area contributed by atoms with Crippen molar-refractivity contribution in [2.24, 2.45) is 0 Å². The summed E-state index contributed by atoms with van der Waals surface area (Å²) in [6.07, 6.45) is 2.81. The van der Waals surface area contributed by atoms with Gasteiger partial charge >= 0.3 is 0 Å². The van der Waals surface area contributed by atoms with E-state index in [4.69, 9.17) is 28.2 Å². The molecule has 0 bridgehead atoms. The summed E-state index contributed by atoms with van der Waals surface area (Å²) in [6, 6.07) is 9.76. The lowest BCUT2D eigenvalue weighted by Crippen LogP contribution is -3.27. The van der Waals surface area contributed by atoms with E-state index in [1.807, 2.05) is 37.3 Å². The van der Waals surface area contributed by atoms with E-state index in [9.17, 15) is 0 Å². The Balaban J connectivity index is 1.59. The third-order valence-electron chi connectivity index (χ3n) is 5.49. The molecule has 1 aromatic carbocycles. The van der Waals surface area contributed by atoms with Gasteiger partial charge in [-0.1, -0.05) is 17.7 Å². The minimum absolute atomic E-state index is 0.667. The highest BCUT2D eigenvalue weighted by Crippen LogP contribution is 2.23. The first kappa shape index (κ1) is 21.1. The summed E-state index contributed by atoms with van der Waals surface area (Å²) in [5, 5.41) is 4.83. The van der Waals surface area contributed by atoms with E-state index in [-0.39, 0.29) is 0 Å². The summed E-state index contributed by atoms with van der Waals surface area (Å²) in [5.74, 6) is 0.919. The molecule has 2 aromatic rings. The van der Waals surface area contributed by atoms with Gasteiger partial charge in [-0.25, -0.2) is 0 Å². The smallest absolute Gasteiger partial charge is 0.173 e. The molecule has 0 radical (unpaired) electrons. The van der Waals surface area contributed by atoms with Gasteiger partial charge in [0.15, 0.2) is 5.11 Å². The Labute approximate surface area is 178 Å². The van der Waals surface area contributed by atoms with E-state index in [0.717, 1.165) is 35.0 Å². The molecule has 1 aliphatic heterocycles. The molecule has 0 unspecified atom stereocenters. The van der Waals surface area contributed by atoms with Gasteiger partial charge in [0.1, 0.15) is 31.9 Å². The number of nitrogens with one attached hydrogen (secondary N) is 3. The first-order valence-electron chi connectivity index (χ1n) is 10.0. The number of anilines is 1. The number of benzene rings is 1. The van der Waals surface area contributed by atoms with E-state index >= 15 is 0 Å². The maximum atomic E-state index is 6.26. The SMILES string of the molecule is Cc1c(Cl)cccc1NC(=S)N(CCC[NH+]1CC[NH+](C)CC1)Cc1ccco1. The van der Waals surface area contributed by atoms with Gasteiger partial charge in [0.2, 0.25) is 0 Å². The van der Waals surface area contributed by atoms with Gasteiger partial charge in [0.05, 0.1) is 26.4 Å². The van der Waals surface area contributed by atoms with Crippen molar-refractivity contribution in [3.63, 3.8) is 0 Å². The number of quaternary nitrogens is 2. The Hall–Kier alpha value is -1.60. The molecule has 5 nitrogen and oxygen atoms in total. The highest BCUT2D eigenvalue weighted by molar-refractivity contribution is 7.80. The molecule has 0 atom stereocenters. The molecule has 3 rings (SSSR count). The predicted octanol–water partition coefficient (Wildman–Crippen LogP) is 1.24. The van der Waals surface area contributed by atoms with Crippen LogP contribution in [0.15, 0.2) is 41.0 Å². The van der Waals surface area contributed by atoms with E-state index in [2.05, 4.69) is 17.3 Å². The summed E-state index contributed by atoms with van der Waals surface area (Å²) in [6.45, 7) is 9.80. The fourth-order valence-corrected chi connectivity index (χ4v) is 4.02. The molecule has 1 fully saturated rings. The molecule has 3 N–H and O–H groups in total. The van der Waals surface area contributed by atoms with Crippen LogP contribution in [0.1, 0.15) is 17.7 Å². The molecule has 7 heteroatoms. The molecule has 0 aliphatic carbocycles. The van der Waals surface area contributed by atoms with Crippen LogP contribution in [0.25, 0.3) is 0 Å². The fourth-order valence-electron chi connectivity index (χ4n) is 3.58. The van der Waals surface area contributed by atoms with Crippen molar-refractivity contribution in [1.82, 2.24) is 4.90 Å². The van der Waals surface area contributed by atoms with Gasteiger partial charge in [-0.3, -0.25) is 0 Å². The lowest BCUT2D eigenvalue weighted by molar-refractivity contribution is -1.00. The highest BCUT2D eigenvalue weighted by Gasteiger charge is 2.20. The van der Waals surface area contributed by atoms with Crippen molar-refractivity contribution < 1.29 is 14.2 Å². The number of likely N-dealkylation sites (N-methyl/N-ethyl adjacent to an activating group) is 1. The lowest BCUT2D eigenvalue weighted by atomic mass is 10.2. The first-order valence-corrected chi connectivity index (χ1v) is 10.8. The molecular weight excluding hydrogens is 392 g/mol. The Morgan fingerprint density at radius 3 is 2.71 bits per heavy atom. The Bertz CT molecular complexity index is 760. The second-order valence-electron chi connectivity index (χ2n) is 7.65. The van der Waals surface area contributed by atoms with E-state index in [1.165, 1.54) is 32.7 Å². The molecule has 0 spiro atoms. The van der Waals surface area contributed by atoms with Crippen molar-refractivity contribution in [1.29, 1.82) is 0 Å². The van der Waals surface area contributed by atoms with Crippen molar-refractivity contribution in [3.8, 4) is 0 Å². The molecule has 0 saturated carbocycles. The average molecular weight is 423 g/mol. The molecular formula is C21H31ClN4OS+2. The number of hydrogen-bond donors (Lipinski definition) is 3. The number of halogens is 1. The Kier molecular flexibility index (Phi) is 7.73. The minimum Gasteiger partial charge on any atom is -0.467 e. The van der Waals surface area contributed by atoms with Crippen LogP contribution >= 0.6 is 23.8 Å². The molecule has 28 heavy (non-hydrogen) atoms. The Morgan fingerprint density at radius 2 is 2.00 bits per heavy atom. The second-order valence-corrected chi connectivity index (χ2v) is 8.45. The largest absolute Gasteiger partial charge is 0.467 e. The molecule has 2 heterocycles. The summed E-state index contributed by atoms with van der Waals surface area (Å²) in [5.41, 5.74) is 1.96. The number of furan rings is 1. The monoisotopic (exact) mass is 422 g/mol. The molecule has 1 aliphatic rings. The van der Waals surface area contributed by atoms with Crippen LogP contribution in [0.2, 0.25) is 5.02 Å². The van der Waals surface area contributed by atoms with Crippen molar-refractivity contribution in [3.05, 3.63) is 52.9 Å². The zero-order valence-electron chi connectivity index (χ0n) is 16.8. The summed E-state index contributed by atoms with van der Waals surface area (Å²) in [7, 11) is 2.28. The van der Waals surface area contributed by atoms with E-state index in [0.29, 0.717) is 11.7 Å². The van der Waals surface area contributed by atoms with Crippen LogP contribution in [0.4, 0.5) is 5.69 Å². The highest BCUT2D eigenvalue weighted by atomic mass is 35.5. The lowest BCUT2D eigenvalue weighted by Gasteiger charge is -2.29. The third kappa shape index (κ3) is 5.95. The van der Waals surface area contributed by atoms with Crippen LogP contribution in [-0.2, 0) is 6.54 Å². The van der Waals surface area contributed by atoms with Gasteiger partial charge in [-0.05, 0) is 49.0 Å². The fraction of sp³-hybridized carbons (Fsp3) is 0.476. The van der Waals surface area contributed by atoms with Gasteiger partial charge in [-0.15, -0.1) is 0 Å². The number of rotatable bonds is 7. The van der Waals surface area contributed by atoms with E-state index in [1.54, 1.807) is 16.1 Å². The zero-order chi connectivity index (χ0) is 19.9. The average Bonchev–Trinajstić information content (AvgIpc) is 3.19. The van der Waals surface area contributed by atoms with Crippen LogP contribution in [0, 0.1) is 6.92 Å². The van der Waals surface area contributed by atoms with Gasteiger partial charge in [-0.2, -0.15) is 0 Å². The van der Waals surface area contributed by atoms with Crippen LogP contribution in [0.5, 0.6) is 0 Å². The second kappa shape index (κ2) is 10.3. The van der Waals surface area contributed by atoms with Crippen LogP contribution < -0.4 is 15.1 Å². The molecule has 1 aromatic heterocycles. The Morgan fingerprint density at radius 1 is 1.21 bits per heavy atom. The molecule has 1 saturated heterocycles. The third-order valence-corrected chi connectivity index (χ3v) is 6.26. The predicted molar refractivity (Wildman–Crippen MR) is 118 cm³/mol. The number of thiocarbonyl (C=S) groups is 1. The van der Waals surface area contributed by atoms with Gasteiger partial charge in [0.25, 0.3) is 0 Å². The topological polar surface area (TPSA) is 37.3 Å². The zero-order valence-corrected chi connectivity index (χ0v) is 18.3.